The minimum Gasteiger partial charge on any atom is -0.457 e. The summed E-state index contributed by atoms with van der Waals surface area (Å²) in [6.07, 6.45) is 5.28. The number of rotatable bonds is 6. The lowest BCUT2D eigenvalue weighted by atomic mass is 9.63. The molecule has 1 heterocycles. The van der Waals surface area contributed by atoms with Crippen molar-refractivity contribution in [2.24, 2.45) is 35.5 Å². The predicted octanol–water partition coefficient (Wildman–Crippen LogP) is 2.16. The fourth-order valence-electron chi connectivity index (χ4n) is 5.48. The van der Waals surface area contributed by atoms with Gasteiger partial charge in [0.25, 0.3) is 0 Å². The molecular weight excluding hydrogens is 370 g/mol. The van der Waals surface area contributed by atoms with E-state index in [0.29, 0.717) is 17.4 Å². The van der Waals surface area contributed by atoms with Crippen molar-refractivity contribution in [1.29, 1.82) is 0 Å². The van der Waals surface area contributed by atoms with Gasteiger partial charge in [0.2, 0.25) is 11.8 Å². The molecular formula is C23H23NO5. The number of ether oxygens (including phenoxy) is 1. The second-order valence-electron chi connectivity index (χ2n) is 8.68. The molecule has 0 spiro atoms. The predicted molar refractivity (Wildman–Crippen MR) is 103 cm³/mol. The van der Waals surface area contributed by atoms with E-state index in [1.807, 2.05) is 19.1 Å². The van der Waals surface area contributed by atoms with Gasteiger partial charge in [-0.3, -0.25) is 24.1 Å². The van der Waals surface area contributed by atoms with Gasteiger partial charge >= 0.3 is 5.97 Å². The number of Topliss-reactive ketones (excluding diaryl/α,β-unsaturated/α-hetero) is 1. The lowest BCUT2D eigenvalue weighted by Gasteiger charge is -2.37. The Kier molecular flexibility index (Phi) is 4.19. The minimum atomic E-state index is -0.579. The highest BCUT2D eigenvalue weighted by molar-refractivity contribution is 6.06. The standard InChI is InChI=1S/C23H23NO5/c1-12-2-4-13(5-3-12)18(25)11-29-19(26)8-9-24-22(27)20-14-6-7-15(17-10-16(14)17)21(20)23(24)28/h2-7,14-17,20-21H,8-11H2,1H3/t14-,15-,16-,17+,20+,21-/m1/s1. The van der Waals surface area contributed by atoms with E-state index in [1.54, 1.807) is 12.1 Å². The van der Waals surface area contributed by atoms with Crippen LogP contribution in [0.3, 0.4) is 0 Å². The molecule has 2 saturated carbocycles. The Hall–Kier alpha value is -2.76. The molecule has 3 fully saturated rings. The van der Waals surface area contributed by atoms with Gasteiger partial charge in [-0.2, -0.15) is 0 Å². The molecule has 5 aliphatic rings. The van der Waals surface area contributed by atoms with Crippen molar-refractivity contribution in [2.75, 3.05) is 13.2 Å². The van der Waals surface area contributed by atoms with Gasteiger partial charge in [-0.05, 0) is 37.0 Å². The third-order valence-corrected chi connectivity index (χ3v) is 7.03. The van der Waals surface area contributed by atoms with Crippen LogP contribution in [0.5, 0.6) is 0 Å². The van der Waals surface area contributed by atoms with Crippen molar-refractivity contribution >= 4 is 23.6 Å². The van der Waals surface area contributed by atoms with Crippen molar-refractivity contribution in [1.82, 2.24) is 4.90 Å². The number of benzene rings is 1. The van der Waals surface area contributed by atoms with Gasteiger partial charge in [0.15, 0.2) is 12.4 Å². The summed E-state index contributed by atoms with van der Waals surface area (Å²) in [4.78, 5) is 51.2. The van der Waals surface area contributed by atoms with Gasteiger partial charge in [0.1, 0.15) is 0 Å². The smallest absolute Gasteiger partial charge is 0.308 e. The molecule has 0 N–H and O–H groups in total. The van der Waals surface area contributed by atoms with Gasteiger partial charge in [0.05, 0.1) is 18.3 Å². The van der Waals surface area contributed by atoms with E-state index in [9.17, 15) is 19.2 Å². The maximum absolute atomic E-state index is 12.9. The molecule has 0 unspecified atom stereocenters. The van der Waals surface area contributed by atoms with Crippen LogP contribution in [-0.2, 0) is 19.1 Å². The van der Waals surface area contributed by atoms with E-state index >= 15 is 0 Å². The van der Waals surface area contributed by atoms with Crippen LogP contribution in [0.2, 0.25) is 0 Å². The number of hydrogen-bond donors (Lipinski definition) is 0. The first-order valence-electron chi connectivity index (χ1n) is 10.2. The number of ketones is 1. The first kappa shape index (κ1) is 18.3. The van der Waals surface area contributed by atoms with Crippen molar-refractivity contribution < 1.29 is 23.9 Å². The van der Waals surface area contributed by atoms with Crippen LogP contribution in [0.4, 0.5) is 0 Å². The number of nitrogens with zero attached hydrogens (tertiary/aromatic N) is 1. The zero-order valence-corrected chi connectivity index (χ0v) is 16.2. The average molecular weight is 393 g/mol. The molecule has 6 atom stereocenters. The third-order valence-electron chi connectivity index (χ3n) is 7.03. The monoisotopic (exact) mass is 393 g/mol. The molecule has 1 aliphatic heterocycles. The Bertz CT molecular complexity index is 897. The van der Waals surface area contributed by atoms with E-state index < -0.39 is 5.97 Å². The summed E-state index contributed by atoms with van der Waals surface area (Å²) in [5.74, 6) is -0.181. The molecule has 2 bridgehead atoms. The first-order chi connectivity index (χ1) is 14.0. The molecule has 0 aromatic heterocycles. The number of esters is 1. The van der Waals surface area contributed by atoms with Crippen LogP contribution in [0, 0.1) is 42.4 Å². The Morgan fingerprint density at radius 2 is 1.59 bits per heavy atom. The summed E-state index contributed by atoms with van der Waals surface area (Å²) >= 11 is 0. The molecule has 150 valence electrons. The number of imide groups is 1. The van der Waals surface area contributed by atoms with Gasteiger partial charge in [-0.15, -0.1) is 0 Å². The topological polar surface area (TPSA) is 80.8 Å². The van der Waals surface area contributed by atoms with Crippen molar-refractivity contribution in [3.63, 3.8) is 0 Å². The zero-order chi connectivity index (χ0) is 20.3. The number of likely N-dealkylation sites (tertiary alicyclic amines) is 1. The summed E-state index contributed by atoms with van der Waals surface area (Å²) in [5, 5.41) is 0. The molecule has 2 amide bonds. The van der Waals surface area contributed by atoms with E-state index in [0.717, 1.165) is 12.0 Å². The second kappa shape index (κ2) is 6.65. The van der Waals surface area contributed by atoms with Crippen LogP contribution in [0.15, 0.2) is 36.4 Å². The van der Waals surface area contributed by atoms with E-state index in [1.165, 1.54) is 4.90 Å². The van der Waals surface area contributed by atoms with Crippen LogP contribution in [0.25, 0.3) is 0 Å². The molecule has 6 heteroatoms. The van der Waals surface area contributed by atoms with Gasteiger partial charge in [-0.1, -0.05) is 42.0 Å². The highest BCUT2D eigenvalue weighted by atomic mass is 16.5. The van der Waals surface area contributed by atoms with Gasteiger partial charge in [-0.25, -0.2) is 0 Å². The van der Waals surface area contributed by atoms with E-state index in [4.69, 9.17) is 4.74 Å². The van der Waals surface area contributed by atoms with Crippen LogP contribution in [-0.4, -0.2) is 41.6 Å². The van der Waals surface area contributed by atoms with Crippen LogP contribution >= 0.6 is 0 Å². The SMILES string of the molecule is Cc1ccc(C(=O)COC(=O)CCN2C(=O)[C@@H]3[C@@H]4C=C[C@H]([C@H]5C[C@@H]45)[C@@H]3C2=O)cc1. The fraction of sp³-hybridized carbons (Fsp3) is 0.478. The molecule has 6 nitrogen and oxygen atoms in total. The van der Waals surface area contributed by atoms with E-state index in [2.05, 4.69) is 12.2 Å². The number of carbonyl (C=O) groups is 4. The number of carbonyl (C=O) groups excluding carboxylic acids is 4. The normalized spacial score (nSPS) is 33.5. The third kappa shape index (κ3) is 2.93. The molecule has 1 aromatic rings. The fourth-order valence-corrected chi connectivity index (χ4v) is 5.48. The highest BCUT2D eigenvalue weighted by Crippen LogP contribution is 2.65. The summed E-state index contributed by atoms with van der Waals surface area (Å²) < 4.78 is 5.07. The number of allylic oxidation sites excluding steroid dienone is 2. The Labute approximate surface area is 168 Å². The maximum atomic E-state index is 12.9. The molecule has 29 heavy (non-hydrogen) atoms. The molecule has 1 aromatic carbocycles. The summed E-state index contributed by atoms with van der Waals surface area (Å²) in [6, 6.07) is 7.04. The first-order valence-corrected chi connectivity index (χ1v) is 10.2. The number of aryl methyl sites for hydroxylation is 1. The summed E-state index contributed by atoms with van der Waals surface area (Å²) in [7, 11) is 0. The molecule has 1 saturated heterocycles. The van der Waals surface area contributed by atoms with Crippen molar-refractivity contribution in [3.8, 4) is 0 Å². The average Bonchev–Trinajstić information content (AvgIpc) is 3.50. The Balaban J connectivity index is 1.15. The highest BCUT2D eigenvalue weighted by Gasteiger charge is 2.66. The lowest BCUT2D eigenvalue weighted by molar-refractivity contribution is -0.145. The van der Waals surface area contributed by atoms with Crippen molar-refractivity contribution in [2.45, 2.75) is 19.8 Å². The van der Waals surface area contributed by atoms with Gasteiger partial charge < -0.3 is 4.74 Å². The van der Waals surface area contributed by atoms with Crippen molar-refractivity contribution in [3.05, 3.63) is 47.5 Å². The molecule has 0 radical (unpaired) electrons. The van der Waals surface area contributed by atoms with Gasteiger partial charge in [0, 0.05) is 12.1 Å². The summed E-state index contributed by atoms with van der Waals surface area (Å²) in [5.41, 5.74) is 1.53. The Morgan fingerprint density at radius 1 is 1.00 bits per heavy atom. The zero-order valence-electron chi connectivity index (χ0n) is 16.2. The minimum absolute atomic E-state index is 0.0248. The lowest BCUT2D eigenvalue weighted by Crippen LogP contribution is -2.40. The largest absolute Gasteiger partial charge is 0.457 e. The maximum Gasteiger partial charge on any atom is 0.308 e. The summed E-state index contributed by atoms with van der Waals surface area (Å²) in [6.45, 7) is 1.61. The Morgan fingerprint density at radius 3 is 2.17 bits per heavy atom. The van der Waals surface area contributed by atoms with E-state index in [-0.39, 0.29) is 60.8 Å². The molecule has 6 rings (SSSR count). The van der Waals surface area contributed by atoms with Crippen LogP contribution in [0.1, 0.15) is 28.8 Å². The van der Waals surface area contributed by atoms with Crippen LogP contribution < -0.4 is 0 Å². The number of hydrogen-bond acceptors (Lipinski definition) is 5. The number of amides is 2. The quantitative estimate of drug-likeness (QED) is 0.320. The molecule has 4 aliphatic carbocycles. The second-order valence-corrected chi connectivity index (χ2v) is 8.68.